The Bertz CT molecular complexity index is 1020. The monoisotopic (exact) mass is 455 g/mol. The van der Waals surface area contributed by atoms with Crippen molar-refractivity contribution in [2.45, 2.75) is 44.9 Å². The van der Waals surface area contributed by atoms with Crippen LogP contribution in [0.5, 0.6) is 23.0 Å². The summed E-state index contributed by atoms with van der Waals surface area (Å²) in [6.07, 6.45) is 0. The van der Waals surface area contributed by atoms with Crippen molar-refractivity contribution >= 4 is 19.9 Å². The van der Waals surface area contributed by atoms with Crippen molar-refractivity contribution in [2.24, 2.45) is 0 Å². The van der Waals surface area contributed by atoms with Gasteiger partial charge in [0.1, 0.15) is 5.75 Å². The van der Waals surface area contributed by atoms with Crippen LogP contribution < -0.4 is 23.5 Å². The molecule has 6 nitrogen and oxygen atoms in total. The van der Waals surface area contributed by atoms with Gasteiger partial charge in [0.15, 0.2) is 11.5 Å². The smallest absolute Gasteiger partial charge is 0.256 e. The number of anilines is 1. The van der Waals surface area contributed by atoms with E-state index < -0.39 is 8.32 Å². The molecule has 1 amide bonds. The molecule has 1 fully saturated rings. The maximum atomic E-state index is 12.8. The fourth-order valence-corrected chi connectivity index (χ4v) is 4.52. The van der Waals surface area contributed by atoms with Crippen LogP contribution in [0.25, 0.3) is 0 Å². The van der Waals surface area contributed by atoms with Gasteiger partial charge in [0.05, 0.1) is 33.1 Å². The number of ether oxygens (including phenoxy) is 3. The van der Waals surface area contributed by atoms with Crippen molar-refractivity contribution in [2.75, 3.05) is 26.2 Å². The summed E-state index contributed by atoms with van der Waals surface area (Å²) >= 11 is 0. The van der Waals surface area contributed by atoms with Crippen LogP contribution >= 0.6 is 0 Å². The average Bonchev–Trinajstić information content (AvgIpc) is 2.74. The zero-order valence-electron chi connectivity index (χ0n) is 20.2. The number of amides is 1. The summed E-state index contributed by atoms with van der Waals surface area (Å²) in [6, 6.07) is 11.2. The molecule has 0 aliphatic carbocycles. The highest BCUT2D eigenvalue weighted by Gasteiger charge is 2.44. The second kappa shape index (κ2) is 8.54. The lowest BCUT2D eigenvalue weighted by Gasteiger charge is -2.43. The third-order valence-electron chi connectivity index (χ3n) is 6.36. The molecule has 0 bridgehead atoms. The van der Waals surface area contributed by atoms with Gasteiger partial charge in [-0.05, 0) is 35.8 Å². The molecular formula is C25H33NO5Si. The fourth-order valence-electron chi connectivity index (χ4n) is 3.50. The molecule has 172 valence electrons. The summed E-state index contributed by atoms with van der Waals surface area (Å²) in [4.78, 5) is 14.5. The number of methoxy groups -OCH3 is 3. The Balaban J connectivity index is 1.99. The van der Waals surface area contributed by atoms with Crippen LogP contribution in [0.15, 0.2) is 48.6 Å². The van der Waals surface area contributed by atoms with Crippen LogP contribution in [0.4, 0.5) is 5.69 Å². The minimum Gasteiger partial charge on any atom is -0.543 e. The number of β-lactam (4-membered cyclic amide) rings is 1. The maximum Gasteiger partial charge on any atom is 0.256 e. The van der Waals surface area contributed by atoms with Crippen molar-refractivity contribution < 1.29 is 23.4 Å². The summed E-state index contributed by atoms with van der Waals surface area (Å²) < 4.78 is 22.8. The highest BCUT2D eigenvalue weighted by atomic mass is 28.4. The van der Waals surface area contributed by atoms with E-state index in [4.69, 9.17) is 18.6 Å². The first-order valence-electron chi connectivity index (χ1n) is 10.6. The first-order chi connectivity index (χ1) is 14.9. The fraction of sp³-hybridized carbons (Fsp3) is 0.400. The van der Waals surface area contributed by atoms with Crippen LogP contribution in [0, 0.1) is 0 Å². The van der Waals surface area contributed by atoms with E-state index in [9.17, 15) is 4.79 Å². The molecule has 0 spiro atoms. The molecule has 1 heterocycles. The summed E-state index contributed by atoms with van der Waals surface area (Å²) in [7, 11) is 2.66. The Morgan fingerprint density at radius 1 is 0.969 bits per heavy atom. The normalized spacial score (nSPS) is 16.5. The second-order valence-corrected chi connectivity index (χ2v) is 14.1. The third kappa shape index (κ3) is 4.09. The summed E-state index contributed by atoms with van der Waals surface area (Å²) in [5.41, 5.74) is 2.13. The Morgan fingerprint density at radius 2 is 1.56 bits per heavy atom. The molecule has 0 radical (unpaired) electrons. The number of hydrogen-bond donors (Lipinski definition) is 0. The second-order valence-electron chi connectivity index (χ2n) is 9.42. The molecule has 1 aliphatic rings. The van der Waals surface area contributed by atoms with E-state index in [1.54, 1.807) is 38.4 Å². The highest BCUT2D eigenvalue weighted by molar-refractivity contribution is 6.74. The lowest BCUT2D eigenvalue weighted by molar-refractivity contribution is -0.118. The molecule has 2 aromatic carbocycles. The number of nitrogens with zero attached hydrogens (tertiary/aromatic N) is 1. The Hall–Kier alpha value is -2.93. The van der Waals surface area contributed by atoms with E-state index >= 15 is 0 Å². The van der Waals surface area contributed by atoms with Crippen LogP contribution in [0.2, 0.25) is 18.1 Å². The zero-order valence-corrected chi connectivity index (χ0v) is 21.2. The van der Waals surface area contributed by atoms with Crippen molar-refractivity contribution in [3.63, 3.8) is 0 Å². The van der Waals surface area contributed by atoms with Gasteiger partial charge in [-0.1, -0.05) is 39.5 Å². The van der Waals surface area contributed by atoms with E-state index in [2.05, 4.69) is 40.4 Å². The highest BCUT2D eigenvalue weighted by Crippen LogP contribution is 2.48. The minimum atomic E-state index is -1.99. The van der Waals surface area contributed by atoms with Gasteiger partial charge in [0, 0.05) is 17.7 Å². The van der Waals surface area contributed by atoms with Crippen LogP contribution in [-0.2, 0) is 4.79 Å². The number of carbonyl (C=O) groups excluding carboxylic acids is 1. The molecule has 7 heteroatoms. The van der Waals surface area contributed by atoms with Crippen molar-refractivity contribution in [1.82, 2.24) is 0 Å². The quantitative estimate of drug-likeness (QED) is 0.303. The standard InChI is InChI=1S/C25H33NO5Si/c1-16-22(17-11-10-12-19(13-17)31-32(8,9)25(2,3)4)26(24(16)27)18-14-20(28-5)23(30-7)21(15-18)29-6/h10-15,22H,1H2,2-9H3/t22-/m1/s1. The number of benzene rings is 2. The topological polar surface area (TPSA) is 57.2 Å². The summed E-state index contributed by atoms with van der Waals surface area (Å²) in [5, 5.41) is 0.0846. The van der Waals surface area contributed by atoms with E-state index in [0.717, 1.165) is 11.3 Å². The van der Waals surface area contributed by atoms with Crippen LogP contribution in [0.1, 0.15) is 32.4 Å². The van der Waals surface area contributed by atoms with E-state index in [1.807, 2.05) is 24.3 Å². The zero-order chi connectivity index (χ0) is 23.8. The minimum absolute atomic E-state index is 0.0846. The molecule has 0 saturated carbocycles. The average molecular weight is 456 g/mol. The van der Waals surface area contributed by atoms with E-state index in [-0.39, 0.29) is 17.0 Å². The molecule has 3 rings (SSSR count). The van der Waals surface area contributed by atoms with Gasteiger partial charge >= 0.3 is 0 Å². The van der Waals surface area contributed by atoms with Gasteiger partial charge in [-0.3, -0.25) is 9.69 Å². The summed E-state index contributed by atoms with van der Waals surface area (Å²) in [6.45, 7) is 15.1. The van der Waals surface area contributed by atoms with Gasteiger partial charge in [0.2, 0.25) is 14.1 Å². The van der Waals surface area contributed by atoms with Gasteiger partial charge in [-0.25, -0.2) is 0 Å². The largest absolute Gasteiger partial charge is 0.543 e. The molecule has 1 atom stereocenters. The lowest BCUT2D eigenvalue weighted by atomic mass is 9.88. The molecule has 1 saturated heterocycles. The first kappa shape index (κ1) is 23.7. The Morgan fingerprint density at radius 3 is 2.06 bits per heavy atom. The van der Waals surface area contributed by atoms with Gasteiger partial charge < -0.3 is 18.6 Å². The molecule has 32 heavy (non-hydrogen) atoms. The third-order valence-corrected chi connectivity index (χ3v) is 10.7. The molecular weight excluding hydrogens is 422 g/mol. The van der Waals surface area contributed by atoms with Crippen molar-refractivity contribution in [3.8, 4) is 23.0 Å². The molecule has 0 aromatic heterocycles. The number of carbonyl (C=O) groups is 1. The predicted octanol–water partition coefficient (Wildman–Crippen LogP) is 5.74. The first-order valence-corrected chi connectivity index (χ1v) is 13.5. The SMILES string of the molecule is C=C1C(=O)N(c2cc(OC)c(OC)c(OC)c2)[C@H]1c1cccc(O[Si](C)(C)C(C)(C)C)c1. The van der Waals surface area contributed by atoms with Gasteiger partial charge in [0.25, 0.3) is 5.91 Å². The molecule has 0 unspecified atom stereocenters. The molecule has 1 aliphatic heterocycles. The Labute approximate surface area is 191 Å². The van der Waals surface area contributed by atoms with E-state index in [1.165, 1.54) is 0 Å². The van der Waals surface area contributed by atoms with Crippen LogP contribution in [-0.4, -0.2) is 35.6 Å². The predicted molar refractivity (Wildman–Crippen MR) is 130 cm³/mol. The van der Waals surface area contributed by atoms with Crippen molar-refractivity contribution in [1.29, 1.82) is 0 Å². The Kier molecular flexibility index (Phi) is 6.33. The molecule has 0 N–H and O–H groups in total. The van der Waals surface area contributed by atoms with Gasteiger partial charge in [-0.15, -0.1) is 0 Å². The number of rotatable bonds is 7. The van der Waals surface area contributed by atoms with E-state index in [0.29, 0.717) is 28.5 Å². The summed E-state index contributed by atoms with van der Waals surface area (Å²) in [5.74, 6) is 2.12. The van der Waals surface area contributed by atoms with Crippen molar-refractivity contribution in [3.05, 3.63) is 54.1 Å². The number of hydrogen-bond acceptors (Lipinski definition) is 5. The molecule has 2 aromatic rings. The van der Waals surface area contributed by atoms with Crippen LogP contribution in [0.3, 0.4) is 0 Å². The maximum absolute atomic E-state index is 12.8. The lowest BCUT2D eigenvalue weighted by Crippen LogP contribution is -2.49. The van der Waals surface area contributed by atoms with Gasteiger partial charge in [-0.2, -0.15) is 0 Å².